The van der Waals surface area contributed by atoms with Crippen molar-refractivity contribution in [3.8, 4) is 5.69 Å². The van der Waals surface area contributed by atoms with Crippen molar-refractivity contribution in [1.29, 1.82) is 0 Å². The van der Waals surface area contributed by atoms with Gasteiger partial charge in [-0.25, -0.2) is 17.5 Å². The summed E-state index contributed by atoms with van der Waals surface area (Å²) in [6.45, 7) is 5.34. The summed E-state index contributed by atoms with van der Waals surface area (Å²) in [4.78, 5) is 12.0. The number of benzene rings is 2. The van der Waals surface area contributed by atoms with Crippen molar-refractivity contribution in [2.75, 3.05) is 0 Å². The number of hydrogen-bond acceptors (Lipinski definition) is 4. The summed E-state index contributed by atoms with van der Waals surface area (Å²) >= 11 is 0. The van der Waals surface area contributed by atoms with Gasteiger partial charge in [-0.2, -0.15) is 9.82 Å². The fraction of sp³-hybridized carbons (Fsp3) is 0.238. The zero-order valence-corrected chi connectivity index (χ0v) is 17.7. The molecule has 9 heteroatoms. The molecule has 0 aliphatic carbocycles. The molecule has 0 fully saturated rings. The van der Waals surface area contributed by atoms with Crippen LogP contribution in [0.3, 0.4) is 0 Å². The summed E-state index contributed by atoms with van der Waals surface area (Å²) in [5.41, 5.74) is 3.38. The fourth-order valence-corrected chi connectivity index (χ4v) is 4.37. The standard InChI is InChI=1S/C21H23FN4O3S/c1-14-18(16(3)26(24-14)17-9-5-4-6-10-17)13-23-21(27)15(2)25-30(28,29)20-12-8-7-11-19(20)22/h4-12,15,25H,13H2,1-3H3,(H,23,27)/t15-/m0/s1. The topological polar surface area (TPSA) is 93.1 Å². The van der Waals surface area contributed by atoms with E-state index in [1.807, 2.05) is 44.2 Å². The van der Waals surface area contributed by atoms with E-state index in [1.54, 1.807) is 4.68 Å². The minimum Gasteiger partial charge on any atom is -0.351 e. The maximum absolute atomic E-state index is 13.8. The summed E-state index contributed by atoms with van der Waals surface area (Å²) in [6, 6.07) is 13.5. The number of nitrogens with zero attached hydrogens (tertiary/aromatic N) is 2. The first-order chi connectivity index (χ1) is 14.2. The number of rotatable bonds is 7. The van der Waals surface area contributed by atoms with Crippen molar-refractivity contribution in [3.63, 3.8) is 0 Å². The van der Waals surface area contributed by atoms with Crippen LogP contribution in [0, 0.1) is 19.7 Å². The molecule has 7 nitrogen and oxygen atoms in total. The van der Waals surface area contributed by atoms with Crippen LogP contribution in [0.1, 0.15) is 23.9 Å². The summed E-state index contributed by atoms with van der Waals surface area (Å²) < 4.78 is 42.5. The number of aromatic nitrogens is 2. The van der Waals surface area contributed by atoms with Crippen LogP contribution in [0.25, 0.3) is 5.69 Å². The second-order valence-electron chi connectivity index (χ2n) is 6.89. The number of nitrogens with one attached hydrogen (secondary N) is 2. The molecule has 0 radical (unpaired) electrons. The molecule has 1 atom stereocenters. The molecular formula is C21H23FN4O3S. The average Bonchev–Trinajstić information content (AvgIpc) is 3.00. The largest absolute Gasteiger partial charge is 0.351 e. The molecule has 1 amide bonds. The predicted molar refractivity (Wildman–Crippen MR) is 111 cm³/mol. The minimum absolute atomic E-state index is 0.190. The molecule has 0 aliphatic rings. The van der Waals surface area contributed by atoms with Crippen molar-refractivity contribution < 1.29 is 17.6 Å². The van der Waals surface area contributed by atoms with Gasteiger partial charge < -0.3 is 5.32 Å². The summed E-state index contributed by atoms with van der Waals surface area (Å²) in [7, 11) is -4.17. The van der Waals surface area contributed by atoms with Crippen molar-refractivity contribution in [2.24, 2.45) is 0 Å². The third kappa shape index (κ3) is 4.58. The van der Waals surface area contributed by atoms with Gasteiger partial charge in [-0.1, -0.05) is 30.3 Å². The Morgan fingerprint density at radius 3 is 2.40 bits per heavy atom. The number of aryl methyl sites for hydroxylation is 1. The zero-order valence-electron chi connectivity index (χ0n) is 16.9. The summed E-state index contributed by atoms with van der Waals surface area (Å²) in [5.74, 6) is -1.40. The van der Waals surface area contributed by atoms with Gasteiger partial charge in [0.25, 0.3) is 0 Å². The summed E-state index contributed by atoms with van der Waals surface area (Å²) in [5, 5.41) is 7.25. The first-order valence-corrected chi connectivity index (χ1v) is 10.8. The SMILES string of the molecule is Cc1nn(-c2ccccc2)c(C)c1CNC(=O)[C@H](C)NS(=O)(=O)c1ccccc1F. The number of para-hydroxylation sites is 1. The van der Waals surface area contributed by atoms with Gasteiger partial charge in [-0.15, -0.1) is 0 Å². The molecule has 0 spiro atoms. The third-order valence-electron chi connectivity index (χ3n) is 4.73. The average molecular weight is 431 g/mol. The molecular weight excluding hydrogens is 407 g/mol. The van der Waals surface area contributed by atoms with E-state index in [0.29, 0.717) is 0 Å². The maximum atomic E-state index is 13.8. The molecule has 0 aliphatic heterocycles. The number of halogens is 1. The van der Waals surface area contributed by atoms with Gasteiger partial charge in [0.1, 0.15) is 10.7 Å². The number of sulfonamides is 1. The Morgan fingerprint density at radius 1 is 1.10 bits per heavy atom. The highest BCUT2D eigenvalue weighted by molar-refractivity contribution is 7.89. The van der Waals surface area contributed by atoms with E-state index in [1.165, 1.54) is 19.1 Å². The Balaban J connectivity index is 1.69. The second kappa shape index (κ2) is 8.76. The van der Waals surface area contributed by atoms with Gasteiger partial charge in [0, 0.05) is 17.8 Å². The number of carbonyl (C=O) groups excluding carboxylic acids is 1. The van der Waals surface area contributed by atoms with Crippen LogP contribution in [0.5, 0.6) is 0 Å². The van der Waals surface area contributed by atoms with Crippen LogP contribution < -0.4 is 10.0 Å². The first-order valence-electron chi connectivity index (χ1n) is 9.36. The van der Waals surface area contributed by atoms with Crippen LogP contribution in [0.2, 0.25) is 0 Å². The predicted octanol–water partition coefficient (Wildman–Crippen LogP) is 2.61. The van der Waals surface area contributed by atoms with Crippen LogP contribution in [-0.2, 0) is 21.4 Å². The minimum atomic E-state index is -4.17. The monoisotopic (exact) mass is 430 g/mol. The molecule has 3 aromatic rings. The number of carbonyl (C=O) groups is 1. The molecule has 0 bridgehead atoms. The highest BCUT2D eigenvalue weighted by Crippen LogP contribution is 2.18. The smallest absolute Gasteiger partial charge is 0.244 e. The van der Waals surface area contributed by atoms with Crippen molar-refractivity contribution >= 4 is 15.9 Å². The Kier molecular flexibility index (Phi) is 6.33. The molecule has 30 heavy (non-hydrogen) atoms. The van der Waals surface area contributed by atoms with Gasteiger partial charge in [0.2, 0.25) is 15.9 Å². The molecule has 1 heterocycles. The highest BCUT2D eigenvalue weighted by Gasteiger charge is 2.24. The van der Waals surface area contributed by atoms with Crippen molar-refractivity contribution in [3.05, 3.63) is 77.4 Å². The number of amides is 1. The van der Waals surface area contributed by atoms with E-state index in [4.69, 9.17) is 0 Å². The second-order valence-corrected chi connectivity index (χ2v) is 8.57. The Hall–Kier alpha value is -3.04. The van der Waals surface area contributed by atoms with E-state index < -0.39 is 32.7 Å². The Morgan fingerprint density at radius 2 is 1.73 bits per heavy atom. The maximum Gasteiger partial charge on any atom is 0.244 e. The summed E-state index contributed by atoms with van der Waals surface area (Å²) in [6.07, 6.45) is 0. The lowest BCUT2D eigenvalue weighted by Crippen LogP contribution is -2.44. The van der Waals surface area contributed by atoms with E-state index >= 15 is 0 Å². The van der Waals surface area contributed by atoms with Crippen LogP contribution in [-0.4, -0.2) is 30.1 Å². The van der Waals surface area contributed by atoms with Crippen LogP contribution >= 0.6 is 0 Å². The molecule has 2 N–H and O–H groups in total. The van der Waals surface area contributed by atoms with E-state index in [2.05, 4.69) is 15.1 Å². The molecule has 1 aromatic heterocycles. The van der Waals surface area contributed by atoms with Gasteiger partial charge in [0.05, 0.1) is 17.4 Å². The first kappa shape index (κ1) is 21.7. The van der Waals surface area contributed by atoms with Crippen molar-refractivity contribution in [2.45, 2.75) is 38.3 Å². The van der Waals surface area contributed by atoms with Gasteiger partial charge >= 0.3 is 0 Å². The normalized spacial score (nSPS) is 12.5. The fourth-order valence-electron chi connectivity index (χ4n) is 3.09. The van der Waals surface area contributed by atoms with Crippen LogP contribution in [0.15, 0.2) is 59.5 Å². The molecule has 3 rings (SSSR count). The van der Waals surface area contributed by atoms with Gasteiger partial charge in [-0.05, 0) is 45.0 Å². The Labute approximate surface area is 175 Å². The lowest BCUT2D eigenvalue weighted by molar-refractivity contribution is -0.122. The number of hydrogen-bond donors (Lipinski definition) is 2. The van der Waals surface area contributed by atoms with Gasteiger partial charge in [-0.3, -0.25) is 4.79 Å². The van der Waals surface area contributed by atoms with E-state index in [9.17, 15) is 17.6 Å². The highest BCUT2D eigenvalue weighted by atomic mass is 32.2. The van der Waals surface area contributed by atoms with Gasteiger partial charge in [0.15, 0.2) is 0 Å². The molecule has 0 saturated carbocycles. The lowest BCUT2D eigenvalue weighted by Gasteiger charge is -2.15. The van der Waals surface area contributed by atoms with E-state index in [0.717, 1.165) is 34.8 Å². The lowest BCUT2D eigenvalue weighted by atomic mass is 10.2. The van der Waals surface area contributed by atoms with E-state index in [-0.39, 0.29) is 6.54 Å². The van der Waals surface area contributed by atoms with Crippen LogP contribution in [0.4, 0.5) is 4.39 Å². The molecule has 158 valence electrons. The molecule has 0 unspecified atom stereocenters. The molecule has 0 saturated heterocycles. The Bertz CT molecular complexity index is 1160. The quantitative estimate of drug-likeness (QED) is 0.603. The third-order valence-corrected chi connectivity index (χ3v) is 6.31. The zero-order chi connectivity index (χ0) is 21.9. The molecule has 2 aromatic carbocycles. The van der Waals surface area contributed by atoms with Crippen molar-refractivity contribution in [1.82, 2.24) is 19.8 Å².